The summed E-state index contributed by atoms with van der Waals surface area (Å²) in [5.74, 6) is 0. The zero-order valence-electron chi connectivity index (χ0n) is 11.7. The average molecular weight is 287 g/mol. The fourth-order valence-corrected chi connectivity index (χ4v) is 3.03. The Kier molecular flexibility index (Phi) is 3.68. The minimum Gasteiger partial charge on any atom is -0.398 e. The Hall–Kier alpha value is -1.51. The molecular weight excluding hydrogens is 268 g/mol. The Morgan fingerprint density at radius 3 is 2.90 bits per heavy atom. The van der Waals surface area contributed by atoms with Crippen LogP contribution >= 0.6 is 11.6 Å². The van der Waals surface area contributed by atoms with Crippen LogP contribution in [0.25, 0.3) is 0 Å². The van der Waals surface area contributed by atoms with Crippen molar-refractivity contribution in [2.45, 2.75) is 26.4 Å². The van der Waals surface area contributed by atoms with Crippen molar-refractivity contribution in [1.82, 2.24) is 4.90 Å². The molecule has 0 spiro atoms. The van der Waals surface area contributed by atoms with Crippen molar-refractivity contribution in [3.05, 3.63) is 63.7 Å². The molecule has 0 aromatic heterocycles. The van der Waals surface area contributed by atoms with Crippen LogP contribution in [0.1, 0.15) is 22.3 Å². The molecule has 1 heterocycles. The van der Waals surface area contributed by atoms with Crippen molar-refractivity contribution in [1.29, 1.82) is 0 Å². The van der Waals surface area contributed by atoms with Crippen LogP contribution in [0.5, 0.6) is 0 Å². The summed E-state index contributed by atoms with van der Waals surface area (Å²) in [7, 11) is 0. The summed E-state index contributed by atoms with van der Waals surface area (Å²) >= 11 is 6.20. The lowest BCUT2D eigenvalue weighted by atomic mass is 9.97. The van der Waals surface area contributed by atoms with E-state index in [0.717, 1.165) is 42.3 Å². The molecule has 0 atom stereocenters. The molecule has 104 valence electrons. The topological polar surface area (TPSA) is 29.3 Å². The summed E-state index contributed by atoms with van der Waals surface area (Å²) < 4.78 is 0. The van der Waals surface area contributed by atoms with Crippen molar-refractivity contribution in [3.63, 3.8) is 0 Å². The van der Waals surface area contributed by atoms with E-state index in [1.165, 1.54) is 16.7 Å². The molecule has 3 heteroatoms. The van der Waals surface area contributed by atoms with Crippen molar-refractivity contribution < 1.29 is 0 Å². The maximum absolute atomic E-state index is 6.20. The molecule has 2 aromatic carbocycles. The number of nitrogens with two attached hydrogens (primary N) is 1. The third kappa shape index (κ3) is 2.67. The van der Waals surface area contributed by atoms with Crippen molar-refractivity contribution in [3.8, 4) is 0 Å². The number of nitrogens with zero attached hydrogens (tertiary/aromatic N) is 1. The minimum absolute atomic E-state index is 0.851. The van der Waals surface area contributed by atoms with Crippen LogP contribution in [-0.2, 0) is 19.5 Å². The quantitative estimate of drug-likeness (QED) is 0.851. The first-order valence-corrected chi connectivity index (χ1v) is 7.35. The van der Waals surface area contributed by atoms with Crippen molar-refractivity contribution in [2.75, 3.05) is 12.3 Å². The van der Waals surface area contributed by atoms with E-state index < -0.39 is 0 Å². The van der Waals surface area contributed by atoms with E-state index in [0.29, 0.717) is 0 Å². The Labute approximate surface area is 125 Å². The van der Waals surface area contributed by atoms with Gasteiger partial charge in [-0.2, -0.15) is 0 Å². The van der Waals surface area contributed by atoms with E-state index in [-0.39, 0.29) is 0 Å². The highest BCUT2D eigenvalue weighted by atomic mass is 35.5. The maximum atomic E-state index is 6.20. The Balaban J connectivity index is 1.76. The molecule has 0 fully saturated rings. The van der Waals surface area contributed by atoms with Crippen LogP contribution in [0.15, 0.2) is 36.4 Å². The van der Waals surface area contributed by atoms with Gasteiger partial charge in [0.25, 0.3) is 0 Å². The molecule has 0 aliphatic carbocycles. The Morgan fingerprint density at radius 1 is 1.25 bits per heavy atom. The Morgan fingerprint density at radius 2 is 2.10 bits per heavy atom. The van der Waals surface area contributed by atoms with E-state index in [9.17, 15) is 0 Å². The van der Waals surface area contributed by atoms with Crippen LogP contribution in [0.3, 0.4) is 0 Å². The number of hydrogen-bond acceptors (Lipinski definition) is 2. The van der Waals surface area contributed by atoms with E-state index in [4.69, 9.17) is 17.3 Å². The molecule has 0 unspecified atom stereocenters. The molecule has 20 heavy (non-hydrogen) atoms. The van der Waals surface area contributed by atoms with Gasteiger partial charge in [-0.3, -0.25) is 4.90 Å². The van der Waals surface area contributed by atoms with E-state index in [1.807, 2.05) is 19.1 Å². The van der Waals surface area contributed by atoms with E-state index in [2.05, 4.69) is 29.2 Å². The average Bonchev–Trinajstić information content (AvgIpc) is 2.43. The predicted molar refractivity (Wildman–Crippen MR) is 84.9 cm³/mol. The van der Waals surface area contributed by atoms with Gasteiger partial charge in [0.05, 0.1) is 0 Å². The fraction of sp³-hybridized carbons (Fsp3) is 0.294. The number of benzene rings is 2. The molecule has 1 aliphatic heterocycles. The van der Waals surface area contributed by atoms with Crippen LogP contribution in [0.2, 0.25) is 5.02 Å². The number of halogens is 1. The molecule has 0 saturated heterocycles. The second kappa shape index (κ2) is 5.47. The fourth-order valence-electron chi connectivity index (χ4n) is 2.83. The molecular formula is C17H19ClN2. The summed E-state index contributed by atoms with van der Waals surface area (Å²) in [5.41, 5.74) is 12.1. The van der Waals surface area contributed by atoms with Crippen LogP contribution in [-0.4, -0.2) is 11.4 Å². The third-order valence-electron chi connectivity index (χ3n) is 4.02. The van der Waals surface area contributed by atoms with Crippen LogP contribution < -0.4 is 5.73 Å². The van der Waals surface area contributed by atoms with Crippen molar-refractivity contribution in [2.24, 2.45) is 0 Å². The van der Waals surface area contributed by atoms with Crippen LogP contribution in [0.4, 0.5) is 5.69 Å². The molecule has 2 N–H and O–H groups in total. The molecule has 2 aromatic rings. The lowest BCUT2D eigenvalue weighted by molar-refractivity contribution is 0.246. The van der Waals surface area contributed by atoms with Gasteiger partial charge in [0.15, 0.2) is 0 Å². The van der Waals surface area contributed by atoms with Gasteiger partial charge in [0.1, 0.15) is 0 Å². The number of nitrogen functional groups attached to an aromatic ring is 1. The maximum Gasteiger partial charge on any atom is 0.0438 e. The van der Waals surface area contributed by atoms with E-state index in [1.54, 1.807) is 0 Å². The lowest BCUT2D eigenvalue weighted by Gasteiger charge is -2.29. The lowest BCUT2D eigenvalue weighted by Crippen LogP contribution is -2.30. The summed E-state index contributed by atoms with van der Waals surface area (Å²) in [6.07, 6.45) is 1.03. The second-order valence-electron chi connectivity index (χ2n) is 5.53. The molecule has 2 nitrogen and oxygen atoms in total. The third-order valence-corrected chi connectivity index (χ3v) is 4.43. The van der Waals surface area contributed by atoms with Crippen molar-refractivity contribution >= 4 is 17.3 Å². The molecule has 0 radical (unpaired) electrons. The summed E-state index contributed by atoms with van der Waals surface area (Å²) in [6, 6.07) is 12.5. The van der Waals surface area contributed by atoms with Gasteiger partial charge in [0.2, 0.25) is 0 Å². The van der Waals surface area contributed by atoms with Crippen LogP contribution in [0, 0.1) is 6.92 Å². The first-order valence-electron chi connectivity index (χ1n) is 6.97. The van der Waals surface area contributed by atoms with Gasteiger partial charge in [-0.25, -0.2) is 0 Å². The Bertz CT molecular complexity index is 637. The predicted octanol–water partition coefficient (Wildman–Crippen LogP) is 3.79. The first-order chi connectivity index (χ1) is 9.63. The number of anilines is 1. The standard InChI is InChI=1S/C17H19ClN2/c1-12-5-6-13(9-16(12)18)10-20-8-7-15-14(11-20)3-2-4-17(15)19/h2-6,9H,7-8,10-11,19H2,1H3. The smallest absolute Gasteiger partial charge is 0.0438 e. The number of rotatable bonds is 2. The highest BCUT2D eigenvalue weighted by molar-refractivity contribution is 6.31. The molecule has 0 amide bonds. The number of fused-ring (bicyclic) bond motifs is 1. The number of hydrogen-bond donors (Lipinski definition) is 1. The summed E-state index contributed by atoms with van der Waals surface area (Å²) in [5, 5.41) is 0.851. The summed E-state index contributed by atoms with van der Waals surface area (Å²) in [4.78, 5) is 2.45. The van der Waals surface area contributed by atoms with Gasteiger partial charge < -0.3 is 5.73 Å². The van der Waals surface area contributed by atoms with Gasteiger partial charge in [-0.15, -0.1) is 0 Å². The minimum atomic E-state index is 0.851. The molecule has 1 aliphatic rings. The molecule has 0 bridgehead atoms. The second-order valence-corrected chi connectivity index (χ2v) is 5.94. The molecule has 3 rings (SSSR count). The summed E-state index contributed by atoms with van der Waals surface area (Å²) in [6.45, 7) is 4.98. The zero-order valence-corrected chi connectivity index (χ0v) is 12.5. The first kappa shape index (κ1) is 13.5. The monoisotopic (exact) mass is 286 g/mol. The van der Waals surface area contributed by atoms with Gasteiger partial charge in [-0.1, -0.05) is 35.9 Å². The van der Waals surface area contributed by atoms with Gasteiger partial charge >= 0.3 is 0 Å². The normalized spacial score (nSPS) is 15.1. The van der Waals surface area contributed by atoms with Gasteiger partial charge in [-0.05, 0) is 47.7 Å². The zero-order chi connectivity index (χ0) is 14.1. The largest absolute Gasteiger partial charge is 0.398 e. The highest BCUT2D eigenvalue weighted by Gasteiger charge is 2.17. The molecule has 0 saturated carbocycles. The SMILES string of the molecule is Cc1ccc(CN2CCc3c(N)cccc3C2)cc1Cl. The van der Waals surface area contributed by atoms with E-state index >= 15 is 0 Å². The van der Waals surface area contributed by atoms with Gasteiger partial charge in [0, 0.05) is 30.3 Å². The highest BCUT2D eigenvalue weighted by Crippen LogP contribution is 2.25. The number of aryl methyl sites for hydroxylation is 1.